The minimum Gasteiger partial charge on any atom is -1.00 e. The number of unbranched alkanes of at least 4 members (excludes halogenated alkanes) is 7. The molecule has 68 valence electrons. The number of hydrogen-bond acceptors (Lipinski definition) is 1. The van der Waals surface area contributed by atoms with Crippen LogP contribution in [-0.4, -0.2) is 6.29 Å². The number of carbonyl (C=O) groups excluding carboxylic acids is 1. The van der Waals surface area contributed by atoms with Crippen molar-refractivity contribution in [2.45, 2.75) is 58.3 Å². The van der Waals surface area contributed by atoms with Crippen molar-refractivity contribution in [3.8, 4) is 0 Å². The Labute approximate surface area is 128 Å². The Morgan fingerprint density at radius 3 is 1.85 bits per heavy atom. The fourth-order valence-electron chi connectivity index (χ4n) is 1.15. The molecule has 0 rings (SSSR count). The first kappa shape index (κ1) is 20.1. The van der Waals surface area contributed by atoms with E-state index in [0.29, 0.717) is 6.42 Å². The molecule has 0 bridgehead atoms. The van der Waals surface area contributed by atoms with Crippen LogP contribution in [0.3, 0.4) is 0 Å². The molecular weight excluding hydrogens is 182 g/mol. The molecular formula is C10H20Na2O. The standard InChI is InChI=1S/C10H19O.2Na.H/c1-2-3-4-5-6-7-8-9-10-11;;;/h2-9H2,1H3;;;/q-1;2*+1;-1. The molecule has 0 aromatic heterocycles. The summed E-state index contributed by atoms with van der Waals surface area (Å²) < 4.78 is 0. The van der Waals surface area contributed by atoms with Gasteiger partial charge in [0.1, 0.15) is 0 Å². The summed E-state index contributed by atoms with van der Waals surface area (Å²) in [5.74, 6) is 0. The van der Waals surface area contributed by atoms with Crippen LogP contribution >= 0.6 is 0 Å². The van der Waals surface area contributed by atoms with Gasteiger partial charge in [-0.2, -0.15) is 6.42 Å². The Kier molecular flexibility index (Phi) is 29.8. The summed E-state index contributed by atoms with van der Waals surface area (Å²) in [6.45, 7) is 2.22. The first-order chi connectivity index (χ1) is 5.41. The van der Waals surface area contributed by atoms with Crippen LogP contribution < -0.4 is 59.1 Å². The van der Waals surface area contributed by atoms with Crippen molar-refractivity contribution < 1.29 is 65.3 Å². The summed E-state index contributed by atoms with van der Waals surface area (Å²) in [6, 6.07) is 0. The first-order valence-corrected chi connectivity index (χ1v) is 4.76. The van der Waals surface area contributed by atoms with Gasteiger partial charge in [-0.25, -0.2) is 0 Å². The normalized spacial score (nSPS) is 8.38. The Balaban J connectivity index is -0.000000167. The van der Waals surface area contributed by atoms with Crippen molar-refractivity contribution in [2.24, 2.45) is 0 Å². The van der Waals surface area contributed by atoms with Gasteiger partial charge in [-0.15, -0.1) is 0 Å². The zero-order valence-corrected chi connectivity index (χ0v) is 13.6. The molecule has 1 nitrogen and oxygen atoms in total. The van der Waals surface area contributed by atoms with Crippen LogP contribution in [0.5, 0.6) is 0 Å². The molecule has 0 N–H and O–H groups in total. The average molecular weight is 202 g/mol. The molecule has 0 heterocycles. The second-order valence-electron chi connectivity index (χ2n) is 3.02. The fourth-order valence-corrected chi connectivity index (χ4v) is 1.15. The SMILES string of the molecule is CCCCCCCCC[C-]=O.[H-].[Na+].[Na+]. The van der Waals surface area contributed by atoms with Crippen LogP contribution in [0.25, 0.3) is 0 Å². The molecule has 0 spiro atoms. The topological polar surface area (TPSA) is 17.1 Å². The molecule has 0 radical (unpaired) electrons. The fraction of sp³-hybridized carbons (Fsp3) is 0.900. The number of hydrogen-bond donors (Lipinski definition) is 0. The maximum Gasteiger partial charge on any atom is 1.00 e. The van der Waals surface area contributed by atoms with Crippen LogP contribution in [0.15, 0.2) is 0 Å². The summed E-state index contributed by atoms with van der Waals surface area (Å²) >= 11 is 0. The van der Waals surface area contributed by atoms with Crippen molar-refractivity contribution in [3.63, 3.8) is 0 Å². The zero-order chi connectivity index (χ0) is 8.36. The summed E-state index contributed by atoms with van der Waals surface area (Å²) in [5, 5.41) is 0. The summed E-state index contributed by atoms with van der Waals surface area (Å²) in [7, 11) is 0. The predicted molar refractivity (Wildman–Crippen MR) is 49.4 cm³/mol. The van der Waals surface area contributed by atoms with Crippen LogP contribution in [0.1, 0.15) is 59.7 Å². The van der Waals surface area contributed by atoms with Gasteiger partial charge in [0.2, 0.25) is 0 Å². The van der Waals surface area contributed by atoms with E-state index in [2.05, 4.69) is 6.92 Å². The van der Waals surface area contributed by atoms with Crippen LogP contribution in [0.2, 0.25) is 0 Å². The molecule has 3 heteroatoms. The van der Waals surface area contributed by atoms with Gasteiger partial charge in [0.15, 0.2) is 0 Å². The van der Waals surface area contributed by atoms with Crippen LogP contribution in [-0.2, 0) is 4.79 Å². The third kappa shape index (κ3) is 19.9. The molecule has 0 saturated heterocycles. The zero-order valence-electron chi connectivity index (χ0n) is 10.6. The Bertz CT molecular complexity index is 92.2. The first-order valence-electron chi connectivity index (χ1n) is 4.76. The monoisotopic (exact) mass is 202 g/mol. The second-order valence-corrected chi connectivity index (χ2v) is 3.02. The van der Waals surface area contributed by atoms with Gasteiger partial charge in [-0.3, -0.25) is 6.29 Å². The molecule has 13 heavy (non-hydrogen) atoms. The second kappa shape index (κ2) is 19.3. The van der Waals surface area contributed by atoms with Gasteiger partial charge in [0.05, 0.1) is 0 Å². The van der Waals surface area contributed by atoms with E-state index in [0.717, 1.165) is 6.42 Å². The Morgan fingerprint density at radius 2 is 1.38 bits per heavy atom. The molecule has 0 saturated carbocycles. The molecule has 0 unspecified atom stereocenters. The van der Waals surface area contributed by atoms with Gasteiger partial charge in [0, 0.05) is 0 Å². The van der Waals surface area contributed by atoms with Gasteiger partial charge in [-0.05, 0) is 0 Å². The maximum absolute atomic E-state index is 9.82. The third-order valence-corrected chi connectivity index (χ3v) is 1.88. The quantitative estimate of drug-likeness (QED) is 0.239. The molecule has 0 atom stereocenters. The summed E-state index contributed by atoms with van der Waals surface area (Å²) in [6.07, 6.45) is 11.5. The van der Waals surface area contributed by atoms with Gasteiger partial charge < -0.3 is 6.22 Å². The average Bonchev–Trinajstić information content (AvgIpc) is 2.03. The molecule has 0 amide bonds. The van der Waals surface area contributed by atoms with E-state index < -0.39 is 0 Å². The molecule has 0 aliphatic heterocycles. The maximum atomic E-state index is 9.82. The summed E-state index contributed by atoms with van der Waals surface area (Å²) in [4.78, 5) is 9.82. The van der Waals surface area contributed by atoms with E-state index in [-0.39, 0.29) is 60.5 Å². The van der Waals surface area contributed by atoms with E-state index in [1.807, 2.05) is 6.29 Å². The molecule has 0 aliphatic rings. The third-order valence-electron chi connectivity index (χ3n) is 1.88. The predicted octanol–water partition coefficient (Wildman–Crippen LogP) is -2.64. The molecule has 0 aromatic rings. The molecule has 0 aliphatic carbocycles. The van der Waals surface area contributed by atoms with Gasteiger partial charge in [-0.1, -0.05) is 51.9 Å². The van der Waals surface area contributed by atoms with Crippen molar-refractivity contribution in [2.75, 3.05) is 0 Å². The van der Waals surface area contributed by atoms with Crippen molar-refractivity contribution in [1.29, 1.82) is 0 Å². The Morgan fingerprint density at radius 1 is 0.923 bits per heavy atom. The van der Waals surface area contributed by atoms with Crippen LogP contribution in [0, 0.1) is 0 Å². The summed E-state index contributed by atoms with van der Waals surface area (Å²) in [5.41, 5.74) is 0. The van der Waals surface area contributed by atoms with Gasteiger partial charge >= 0.3 is 59.1 Å². The number of rotatable bonds is 8. The van der Waals surface area contributed by atoms with E-state index >= 15 is 0 Å². The van der Waals surface area contributed by atoms with Crippen LogP contribution in [0.4, 0.5) is 0 Å². The molecule has 0 aromatic carbocycles. The van der Waals surface area contributed by atoms with E-state index in [4.69, 9.17) is 0 Å². The minimum atomic E-state index is 0. The molecule has 0 fully saturated rings. The van der Waals surface area contributed by atoms with Crippen molar-refractivity contribution >= 4 is 6.29 Å². The Hall–Kier alpha value is 1.67. The van der Waals surface area contributed by atoms with E-state index in [1.54, 1.807) is 0 Å². The smallest absolute Gasteiger partial charge is 1.00 e. The minimum absolute atomic E-state index is 0. The largest absolute Gasteiger partial charge is 1.00 e. The van der Waals surface area contributed by atoms with Crippen molar-refractivity contribution in [1.82, 2.24) is 0 Å². The van der Waals surface area contributed by atoms with E-state index in [1.165, 1.54) is 38.5 Å². The van der Waals surface area contributed by atoms with Gasteiger partial charge in [0.25, 0.3) is 0 Å². The van der Waals surface area contributed by atoms with E-state index in [9.17, 15) is 4.79 Å². The van der Waals surface area contributed by atoms with Crippen molar-refractivity contribution in [3.05, 3.63) is 0 Å².